The number of hydrogen-bond donors (Lipinski definition) is 1. The summed E-state index contributed by atoms with van der Waals surface area (Å²) in [4.78, 5) is 0. The normalized spacial score (nSPS) is 12.5. The largest absolute Gasteiger partial charge is 0.494 e. The lowest BCUT2D eigenvalue weighted by Gasteiger charge is -2.17. The van der Waals surface area contributed by atoms with Crippen molar-refractivity contribution in [3.05, 3.63) is 29.3 Å². The van der Waals surface area contributed by atoms with E-state index in [1.807, 2.05) is 6.92 Å². The highest BCUT2D eigenvalue weighted by Crippen LogP contribution is 2.30. The van der Waals surface area contributed by atoms with Gasteiger partial charge in [0, 0.05) is 0 Å². The van der Waals surface area contributed by atoms with E-state index in [0.29, 0.717) is 5.92 Å². The average molecular weight is 221 g/mol. The standard InChI is InChI=1S/C14H23NO/c1-4-16-14-8-7-11(2)10-13(14)12(3)6-5-9-15/h7-8,10,12H,4-6,9,15H2,1-3H3. The van der Waals surface area contributed by atoms with Gasteiger partial charge in [0.2, 0.25) is 0 Å². The highest BCUT2D eigenvalue weighted by molar-refractivity contribution is 5.39. The third kappa shape index (κ3) is 3.53. The fourth-order valence-corrected chi connectivity index (χ4v) is 1.92. The summed E-state index contributed by atoms with van der Waals surface area (Å²) in [5, 5.41) is 0. The maximum Gasteiger partial charge on any atom is 0.122 e. The topological polar surface area (TPSA) is 35.2 Å². The molecule has 1 rings (SSSR count). The minimum absolute atomic E-state index is 0.519. The summed E-state index contributed by atoms with van der Waals surface area (Å²) in [6.45, 7) is 7.87. The molecule has 1 aromatic rings. The monoisotopic (exact) mass is 221 g/mol. The van der Waals surface area contributed by atoms with Gasteiger partial charge in [-0.05, 0) is 50.8 Å². The Bertz CT molecular complexity index is 323. The highest BCUT2D eigenvalue weighted by Gasteiger charge is 2.11. The summed E-state index contributed by atoms with van der Waals surface area (Å²) < 4.78 is 5.66. The second-order valence-electron chi connectivity index (χ2n) is 4.31. The molecule has 0 radical (unpaired) electrons. The van der Waals surface area contributed by atoms with Crippen molar-refractivity contribution in [2.24, 2.45) is 5.73 Å². The fraction of sp³-hybridized carbons (Fsp3) is 0.571. The lowest BCUT2D eigenvalue weighted by Crippen LogP contribution is -2.04. The lowest BCUT2D eigenvalue weighted by molar-refractivity contribution is 0.334. The van der Waals surface area contributed by atoms with E-state index in [0.717, 1.165) is 31.7 Å². The second kappa shape index (κ2) is 6.54. The van der Waals surface area contributed by atoms with Crippen LogP contribution in [0.15, 0.2) is 18.2 Å². The molecule has 0 aliphatic rings. The minimum Gasteiger partial charge on any atom is -0.494 e. The van der Waals surface area contributed by atoms with Crippen LogP contribution in [0, 0.1) is 6.92 Å². The van der Waals surface area contributed by atoms with Gasteiger partial charge >= 0.3 is 0 Å². The van der Waals surface area contributed by atoms with Crippen LogP contribution in [0.2, 0.25) is 0 Å². The van der Waals surface area contributed by atoms with E-state index in [4.69, 9.17) is 10.5 Å². The van der Waals surface area contributed by atoms with E-state index in [-0.39, 0.29) is 0 Å². The third-order valence-electron chi connectivity index (χ3n) is 2.84. The Morgan fingerprint density at radius 2 is 2.12 bits per heavy atom. The zero-order chi connectivity index (χ0) is 12.0. The Morgan fingerprint density at radius 3 is 2.75 bits per heavy atom. The van der Waals surface area contributed by atoms with E-state index in [2.05, 4.69) is 32.0 Å². The summed E-state index contributed by atoms with van der Waals surface area (Å²) >= 11 is 0. The molecule has 1 unspecified atom stereocenters. The Kier molecular flexibility index (Phi) is 5.33. The second-order valence-corrected chi connectivity index (χ2v) is 4.31. The van der Waals surface area contributed by atoms with Crippen molar-refractivity contribution in [2.75, 3.05) is 13.2 Å². The number of hydrogen-bond acceptors (Lipinski definition) is 2. The van der Waals surface area contributed by atoms with E-state index in [1.165, 1.54) is 11.1 Å². The molecular weight excluding hydrogens is 198 g/mol. The summed E-state index contributed by atoms with van der Waals surface area (Å²) in [6.07, 6.45) is 2.20. The van der Waals surface area contributed by atoms with Crippen LogP contribution < -0.4 is 10.5 Å². The SMILES string of the molecule is CCOc1ccc(C)cc1C(C)CCCN. The first-order chi connectivity index (χ1) is 7.69. The molecule has 0 aromatic heterocycles. The van der Waals surface area contributed by atoms with Crippen molar-refractivity contribution >= 4 is 0 Å². The maximum atomic E-state index is 5.66. The minimum atomic E-state index is 0.519. The van der Waals surface area contributed by atoms with Gasteiger partial charge in [-0.15, -0.1) is 0 Å². The summed E-state index contributed by atoms with van der Waals surface area (Å²) in [7, 11) is 0. The van der Waals surface area contributed by atoms with Gasteiger partial charge < -0.3 is 10.5 Å². The molecule has 0 amide bonds. The van der Waals surface area contributed by atoms with Gasteiger partial charge in [-0.2, -0.15) is 0 Å². The van der Waals surface area contributed by atoms with Gasteiger partial charge in [0.15, 0.2) is 0 Å². The predicted molar refractivity (Wildman–Crippen MR) is 69.1 cm³/mol. The number of aryl methyl sites for hydroxylation is 1. The van der Waals surface area contributed by atoms with Crippen LogP contribution in [0.5, 0.6) is 5.75 Å². The molecule has 1 aromatic carbocycles. The molecule has 0 aliphatic heterocycles. The van der Waals surface area contributed by atoms with Crippen molar-refractivity contribution in [1.29, 1.82) is 0 Å². The van der Waals surface area contributed by atoms with E-state index in [9.17, 15) is 0 Å². The van der Waals surface area contributed by atoms with E-state index in [1.54, 1.807) is 0 Å². The summed E-state index contributed by atoms with van der Waals surface area (Å²) in [6, 6.07) is 6.41. The molecule has 0 saturated carbocycles. The van der Waals surface area contributed by atoms with Crippen molar-refractivity contribution < 1.29 is 4.74 Å². The molecule has 0 fully saturated rings. The van der Waals surface area contributed by atoms with Gasteiger partial charge in [0.05, 0.1) is 6.61 Å². The smallest absolute Gasteiger partial charge is 0.122 e. The first-order valence-electron chi connectivity index (χ1n) is 6.12. The van der Waals surface area contributed by atoms with Crippen LogP contribution in [-0.4, -0.2) is 13.2 Å². The molecule has 2 heteroatoms. The summed E-state index contributed by atoms with van der Waals surface area (Å²) in [5.41, 5.74) is 8.16. The molecule has 0 heterocycles. The molecule has 2 N–H and O–H groups in total. The van der Waals surface area contributed by atoms with Crippen LogP contribution in [0.1, 0.15) is 43.7 Å². The van der Waals surface area contributed by atoms with Gasteiger partial charge in [-0.1, -0.05) is 24.6 Å². The molecule has 16 heavy (non-hydrogen) atoms. The molecule has 90 valence electrons. The molecule has 1 atom stereocenters. The number of rotatable bonds is 6. The third-order valence-corrected chi connectivity index (χ3v) is 2.84. The Morgan fingerprint density at radius 1 is 1.38 bits per heavy atom. The van der Waals surface area contributed by atoms with Gasteiger partial charge in [0.1, 0.15) is 5.75 Å². The van der Waals surface area contributed by atoms with Gasteiger partial charge in [-0.3, -0.25) is 0 Å². The van der Waals surface area contributed by atoms with Crippen molar-refractivity contribution in [2.45, 2.75) is 39.5 Å². The van der Waals surface area contributed by atoms with Gasteiger partial charge in [-0.25, -0.2) is 0 Å². The highest BCUT2D eigenvalue weighted by atomic mass is 16.5. The molecular formula is C14H23NO. The van der Waals surface area contributed by atoms with E-state index < -0.39 is 0 Å². The molecule has 2 nitrogen and oxygen atoms in total. The van der Waals surface area contributed by atoms with Crippen LogP contribution in [-0.2, 0) is 0 Å². The Labute approximate surface area is 98.8 Å². The lowest BCUT2D eigenvalue weighted by atomic mass is 9.94. The van der Waals surface area contributed by atoms with Crippen molar-refractivity contribution in [3.8, 4) is 5.75 Å². The molecule has 0 bridgehead atoms. The van der Waals surface area contributed by atoms with Gasteiger partial charge in [0.25, 0.3) is 0 Å². The fourth-order valence-electron chi connectivity index (χ4n) is 1.92. The average Bonchev–Trinajstić information content (AvgIpc) is 2.28. The van der Waals surface area contributed by atoms with Crippen LogP contribution in [0.25, 0.3) is 0 Å². The number of benzene rings is 1. The summed E-state index contributed by atoms with van der Waals surface area (Å²) in [5.74, 6) is 1.54. The predicted octanol–water partition coefficient (Wildman–Crippen LogP) is 3.24. The number of nitrogens with two attached hydrogens (primary N) is 1. The van der Waals surface area contributed by atoms with Crippen molar-refractivity contribution in [3.63, 3.8) is 0 Å². The maximum absolute atomic E-state index is 5.66. The number of ether oxygens (including phenoxy) is 1. The zero-order valence-corrected chi connectivity index (χ0v) is 10.6. The van der Waals surface area contributed by atoms with Crippen LogP contribution in [0.3, 0.4) is 0 Å². The quantitative estimate of drug-likeness (QED) is 0.800. The Hall–Kier alpha value is -1.02. The Balaban J connectivity index is 2.85. The van der Waals surface area contributed by atoms with Crippen LogP contribution in [0.4, 0.5) is 0 Å². The van der Waals surface area contributed by atoms with Crippen LogP contribution >= 0.6 is 0 Å². The first-order valence-corrected chi connectivity index (χ1v) is 6.12. The van der Waals surface area contributed by atoms with Crippen molar-refractivity contribution in [1.82, 2.24) is 0 Å². The molecule has 0 spiro atoms. The molecule has 0 aliphatic carbocycles. The zero-order valence-electron chi connectivity index (χ0n) is 10.6. The van der Waals surface area contributed by atoms with E-state index >= 15 is 0 Å². The first kappa shape index (κ1) is 13.0. The molecule has 0 saturated heterocycles.